The number of nitrogens with zero attached hydrogens (tertiary/aromatic N) is 5. The molecule has 5 heterocycles. The van der Waals surface area contributed by atoms with E-state index < -0.39 is 0 Å². The number of aromatic nitrogens is 4. The van der Waals surface area contributed by atoms with Gasteiger partial charge in [0.15, 0.2) is 0 Å². The highest BCUT2D eigenvalue weighted by Crippen LogP contribution is 2.53. The highest BCUT2D eigenvalue weighted by Gasteiger charge is 2.44. The molecule has 1 aliphatic carbocycles. The lowest BCUT2D eigenvalue weighted by molar-refractivity contribution is 0.160. The lowest BCUT2D eigenvalue weighted by Crippen LogP contribution is -2.35. The minimum Gasteiger partial charge on any atom is -0.490 e. The van der Waals surface area contributed by atoms with Gasteiger partial charge in [-0.15, -0.1) is 0 Å². The number of ether oxygens (including phenoxy) is 2. The van der Waals surface area contributed by atoms with Crippen LogP contribution in [0.4, 0.5) is 0 Å². The SMILES string of the molecule is C[C@H]1COc2c(-c3ccc(OCCCN4CCC5(CC4)CC5)nc3)ccc3ncc4c(c23)n1c(=O)n4C. The number of aryl methyl sites for hydroxylation is 1. The summed E-state index contributed by atoms with van der Waals surface area (Å²) in [6.45, 7) is 6.67. The van der Waals surface area contributed by atoms with Crippen molar-refractivity contribution in [3.05, 3.63) is 47.1 Å². The minimum atomic E-state index is -0.0873. The molecule has 1 saturated carbocycles. The van der Waals surface area contributed by atoms with E-state index in [9.17, 15) is 4.79 Å². The second-order valence-electron chi connectivity index (χ2n) is 11.1. The molecule has 1 aromatic carbocycles. The van der Waals surface area contributed by atoms with Crippen LogP contribution in [-0.2, 0) is 7.05 Å². The first-order valence-electron chi connectivity index (χ1n) is 13.5. The van der Waals surface area contributed by atoms with Crippen LogP contribution in [0.25, 0.3) is 33.1 Å². The quantitative estimate of drug-likeness (QED) is 0.363. The van der Waals surface area contributed by atoms with Gasteiger partial charge in [0.25, 0.3) is 0 Å². The van der Waals surface area contributed by atoms with Crippen LogP contribution in [0.5, 0.6) is 11.6 Å². The molecule has 7 rings (SSSR count). The molecular formula is C29H33N5O3. The maximum atomic E-state index is 13.0. The first-order valence-corrected chi connectivity index (χ1v) is 13.5. The Bertz CT molecular complexity index is 1540. The molecule has 2 aliphatic heterocycles. The molecule has 0 N–H and O–H groups in total. The summed E-state index contributed by atoms with van der Waals surface area (Å²) in [6.07, 6.45) is 10.3. The fraction of sp³-hybridized carbons (Fsp3) is 0.483. The van der Waals surface area contributed by atoms with E-state index in [-0.39, 0.29) is 11.7 Å². The van der Waals surface area contributed by atoms with Crippen LogP contribution in [0.1, 0.15) is 45.1 Å². The third kappa shape index (κ3) is 3.81. The van der Waals surface area contributed by atoms with Gasteiger partial charge in [0.2, 0.25) is 5.88 Å². The predicted octanol–water partition coefficient (Wildman–Crippen LogP) is 4.55. The third-order valence-electron chi connectivity index (χ3n) is 8.74. The van der Waals surface area contributed by atoms with E-state index in [1.807, 2.05) is 42.0 Å². The van der Waals surface area contributed by atoms with Gasteiger partial charge in [-0.25, -0.2) is 9.78 Å². The van der Waals surface area contributed by atoms with E-state index in [0.29, 0.717) is 19.1 Å². The number of hydrogen-bond acceptors (Lipinski definition) is 6. The van der Waals surface area contributed by atoms with Gasteiger partial charge in [0, 0.05) is 37.0 Å². The fourth-order valence-electron chi connectivity index (χ4n) is 6.16. The van der Waals surface area contributed by atoms with Gasteiger partial charge in [-0.05, 0) is 75.7 Å². The van der Waals surface area contributed by atoms with Gasteiger partial charge in [-0.1, -0.05) is 0 Å². The highest BCUT2D eigenvalue weighted by atomic mass is 16.5. The van der Waals surface area contributed by atoms with E-state index in [4.69, 9.17) is 9.47 Å². The van der Waals surface area contributed by atoms with Crippen LogP contribution in [0, 0.1) is 5.41 Å². The summed E-state index contributed by atoms with van der Waals surface area (Å²) in [5.41, 5.74) is 5.08. The zero-order valence-corrected chi connectivity index (χ0v) is 21.6. The maximum absolute atomic E-state index is 13.0. The summed E-state index contributed by atoms with van der Waals surface area (Å²) in [5, 5.41) is 0.877. The molecule has 8 nitrogen and oxygen atoms in total. The van der Waals surface area contributed by atoms with Crippen molar-refractivity contribution in [3.63, 3.8) is 0 Å². The van der Waals surface area contributed by atoms with Crippen molar-refractivity contribution in [2.24, 2.45) is 12.5 Å². The number of pyridine rings is 2. The zero-order chi connectivity index (χ0) is 25.1. The summed E-state index contributed by atoms with van der Waals surface area (Å²) in [6, 6.07) is 7.89. The van der Waals surface area contributed by atoms with Gasteiger partial charge in [0.05, 0.1) is 40.8 Å². The van der Waals surface area contributed by atoms with Crippen molar-refractivity contribution >= 4 is 21.9 Å². The standard InChI is InChI=1S/C29H33N5O3/c1-19-18-37-27-21(5-6-22-25(27)26-23(17-30-22)32(2)28(35)34(19)26)20-4-7-24(31-16-20)36-15-3-12-33-13-10-29(8-9-29)11-14-33/h4-7,16-17,19H,3,8-15,18H2,1-2H3/t19-/m0/s1. The van der Waals surface area contributed by atoms with Crippen molar-refractivity contribution in [3.8, 4) is 22.8 Å². The number of likely N-dealkylation sites (tertiary alicyclic amines) is 1. The van der Waals surface area contributed by atoms with Crippen LogP contribution in [0.2, 0.25) is 0 Å². The molecule has 192 valence electrons. The molecule has 1 spiro atoms. The van der Waals surface area contributed by atoms with Gasteiger partial charge < -0.3 is 14.4 Å². The fourth-order valence-corrected chi connectivity index (χ4v) is 6.16. The molecule has 0 bridgehead atoms. The van der Waals surface area contributed by atoms with Crippen LogP contribution in [0.15, 0.2) is 41.5 Å². The summed E-state index contributed by atoms with van der Waals surface area (Å²) in [5.74, 6) is 1.39. The molecule has 0 unspecified atom stereocenters. The number of benzene rings is 1. The van der Waals surface area contributed by atoms with Crippen LogP contribution in [0.3, 0.4) is 0 Å². The van der Waals surface area contributed by atoms with Gasteiger partial charge >= 0.3 is 5.69 Å². The first-order chi connectivity index (χ1) is 18.0. The monoisotopic (exact) mass is 499 g/mol. The molecule has 3 aliphatic rings. The van der Waals surface area contributed by atoms with Gasteiger partial charge in [0.1, 0.15) is 12.4 Å². The van der Waals surface area contributed by atoms with Crippen molar-refractivity contribution in [2.75, 3.05) is 32.8 Å². The average Bonchev–Trinajstić information content (AvgIpc) is 3.66. The van der Waals surface area contributed by atoms with Crippen LogP contribution >= 0.6 is 0 Å². The second kappa shape index (κ2) is 8.58. The summed E-state index contributed by atoms with van der Waals surface area (Å²) in [4.78, 5) is 24.8. The van der Waals surface area contributed by atoms with Crippen LogP contribution < -0.4 is 15.2 Å². The second-order valence-corrected chi connectivity index (χ2v) is 11.1. The summed E-state index contributed by atoms with van der Waals surface area (Å²) in [7, 11) is 1.80. The topological polar surface area (TPSA) is 74.4 Å². The third-order valence-corrected chi connectivity index (χ3v) is 8.74. The molecular weight excluding hydrogens is 466 g/mol. The van der Waals surface area contributed by atoms with E-state index in [1.54, 1.807) is 17.8 Å². The lowest BCUT2D eigenvalue weighted by atomic mass is 9.94. The number of hydrogen-bond donors (Lipinski definition) is 0. The number of imidazole rings is 1. The molecule has 4 aromatic rings. The smallest absolute Gasteiger partial charge is 0.329 e. The van der Waals surface area contributed by atoms with Crippen molar-refractivity contribution in [1.29, 1.82) is 0 Å². The molecule has 2 fully saturated rings. The van der Waals surface area contributed by atoms with Gasteiger partial charge in [-0.2, -0.15) is 0 Å². The Labute approximate surface area is 215 Å². The average molecular weight is 500 g/mol. The Balaban J connectivity index is 1.10. The highest BCUT2D eigenvalue weighted by molar-refractivity contribution is 6.09. The molecule has 0 radical (unpaired) electrons. The largest absolute Gasteiger partial charge is 0.490 e. The van der Waals surface area contributed by atoms with E-state index >= 15 is 0 Å². The first kappa shape index (κ1) is 22.8. The molecule has 8 heteroatoms. The summed E-state index contributed by atoms with van der Waals surface area (Å²) >= 11 is 0. The van der Waals surface area contributed by atoms with E-state index in [1.165, 1.54) is 38.8 Å². The Morgan fingerprint density at radius 2 is 1.92 bits per heavy atom. The number of piperidine rings is 1. The predicted molar refractivity (Wildman–Crippen MR) is 143 cm³/mol. The van der Waals surface area contributed by atoms with Gasteiger partial charge in [-0.3, -0.25) is 14.1 Å². The molecule has 37 heavy (non-hydrogen) atoms. The molecule has 1 atom stereocenters. The zero-order valence-electron chi connectivity index (χ0n) is 21.6. The maximum Gasteiger partial charge on any atom is 0.329 e. The normalized spacial score (nSPS) is 20.4. The minimum absolute atomic E-state index is 0.0473. The Hall–Kier alpha value is -3.39. The van der Waals surface area contributed by atoms with Crippen molar-refractivity contribution in [1.82, 2.24) is 24.0 Å². The molecule has 0 amide bonds. The Kier molecular flexibility index (Phi) is 5.29. The lowest BCUT2D eigenvalue weighted by Gasteiger charge is -2.31. The number of rotatable bonds is 6. The summed E-state index contributed by atoms with van der Waals surface area (Å²) < 4.78 is 15.8. The van der Waals surface area contributed by atoms with E-state index in [2.05, 4.69) is 14.9 Å². The van der Waals surface area contributed by atoms with Crippen molar-refractivity contribution < 1.29 is 9.47 Å². The molecule has 1 saturated heterocycles. The van der Waals surface area contributed by atoms with Crippen LogP contribution in [-0.4, -0.2) is 56.9 Å². The van der Waals surface area contributed by atoms with E-state index in [0.717, 1.165) is 57.2 Å². The van der Waals surface area contributed by atoms with Crippen molar-refractivity contribution in [2.45, 2.75) is 45.1 Å². The Morgan fingerprint density at radius 3 is 2.68 bits per heavy atom. The Morgan fingerprint density at radius 1 is 1.08 bits per heavy atom. The molecule has 3 aromatic heterocycles.